The van der Waals surface area contributed by atoms with Crippen molar-refractivity contribution in [3.63, 3.8) is 0 Å². The second kappa shape index (κ2) is 7.61. The molecule has 0 aliphatic carbocycles. The van der Waals surface area contributed by atoms with Gasteiger partial charge in [0.1, 0.15) is 18.1 Å². The van der Waals surface area contributed by atoms with Gasteiger partial charge >= 0.3 is 0 Å². The number of rotatable bonds is 6. The van der Waals surface area contributed by atoms with Crippen LogP contribution in [-0.2, 0) is 13.2 Å². The Balaban J connectivity index is 1.74. The molecule has 2 heterocycles. The minimum Gasteiger partial charge on any atom is -0.489 e. The molecule has 136 valence electrons. The monoisotopic (exact) mass is 374 g/mol. The van der Waals surface area contributed by atoms with Gasteiger partial charge in [-0.25, -0.2) is 0 Å². The van der Waals surface area contributed by atoms with E-state index in [0.29, 0.717) is 27.8 Å². The number of carbonyl (C=O) groups excluding carboxylic acids is 1. The van der Waals surface area contributed by atoms with Gasteiger partial charge in [-0.15, -0.1) is 0 Å². The molecular weight excluding hydrogens is 356 g/mol. The number of halogens is 1. The second-order valence-electron chi connectivity index (χ2n) is 5.72. The summed E-state index contributed by atoms with van der Waals surface area (Å²) in [6.07, 6.45) is 1.62. The molecule has 0 saturated carbocycles. The quantitative estimate of drug-likeness (QED) is 0.705. The molecule has 8 heteroatoms. The molecular formula is C18H19ClN4O3. The van der Waals surface area contributed by atoms with Gasteiger partial charge in [-0.3, -0.25) is 9.48 Å². The Morgan fingerprint density at radius 3 is 2.69 bits per heavy atom. The molecule has 3 rings (SSSR count). The van der Waals surface area contributed by atoms with Crippen molar-refractivity contribution in [1.82, 2.24) is 14.9 Å². The SMILES string of the molecule is CCn1ncc(NC(=O)c2noc(C)c2COc2ccc(Cl)cc2)c1C. The van der Waals surface area contributed by atoms with E-state index in [1.54, 1.807) is 42.1 Å². The lowest BCUT2D eigenvalue weighted by molar-refractivity contribution is 0.101. The van der Waals surface area contributed by atoms with Crippen molar-refractivity contribution in [2.45, 2.75) is 33.9 Å². The van der Waals surface area contributed by atoms with E-state index in [-0.39, 0.29) is 18.2 Å². The van der Waals surface area contributed by atoms with Gasteiger partial charge in [0.15, 0.2) is 5.69 Å². The van der Waals surface area contributed by atoms with Gasteiger partial charge in [0.25, 0.3) is 5.91 Å². The number of amides is 1. The number of aryl methyl sites for hydroxylation is 2. The summed E-state index contributed by atoms with van der Waals surface area (Å²) in [5.41, 5.74) is 2.31. The highest BCUT2D eigenvalue weighted by molar-refractivity contribution is 6.30. The lowest BCUT2D eigenvalue weighted by atomic mass is 10.2. The zero-order valence-corrected chi connectivity index (χ0v) is 15.5. The van der Waals surface area contributed by atoms with Gasteiger partial charge in [-0.2, -0.15) is 5.10 Å². The normalized spacial score (nSPS) is 10.8. The Morgan fingerprint density at radius 1 is 1.31 bits per heavy atom. The van der Waals surface area contributed by atoms with E-state index in [9.17, 15) is 4.79 Å². The summed E-state index contributed by atoms with van der Waals surface area (Å²) in [5.74, 6) is 0.807. The molecule has 1 aromatic carbocycles. The molecule has 3 aromatic rings. The van der Waals surface area contributed by atoms with Crippen LogP contribution in [0.2, 0.25) is 5.02 Å². The second-order valence-corrected chi connectivity index (χ2v) is 6.16. The highest BCUT2D eigenvalue weighted by Crippen LogP contribution is 2.21. The summed E-state index contributed by atoms with van der Waals surface area (Å²) < 4.78 is 12.7. The van der Waals surface area contributed by atoms with Crippen LogP contribution in [0.4, 0.5) is 5.69 Å². The zero-order valence-electron chi connectivity index (χ0n) is 14.7. The Hall–Kier alpha value is -2.80. The van der Waals surface area contributed by atoms with Gasteiger partial charge in [0, 0.05) is 11.6 Å². The van der Waals surface area contributed by atoms with Gasteiger partial charge in [0.05, 0.1) is 23.1 Å². The Morgan fingerprint density at radius 2 is 2.04 bits per heavy atom. The predicted molar refractivity (Wildman–Crippen MR) is 97.6 cm³/mol. The van der Waals surface area contributed by atoms with Crippen LogP contribution in [0.15, 0.2) is 35.0 Å². The van der Waals surface area contributed by atoms with Gasteiger partial charge < -0.3 is 14.6 Å². The molecule has 0 spiro atoms. The molecule has 7 nitrogen and oxygen atoms in total. The molecule has 0 fully saturated rings. The average molecular weight is 375 g/mol. The van der Waals surface area contributed by atoms with E-state index in [4.69, 9.17) is 20.9 Å². The first-order valence-corrected chi connectivity index (χ1v) is 8.54. The molecule has 1 amide bonds. The number of aromatic nitrogens is 3. The molecule has 0 radical (unpaired) electrons. The summed E-state index contributed by atoms with van der Waals surface area (Å²) in [4.78, 5) is 12.6. The Bertz CT molecular complexity index is 915. The van der Waals surface area contributed by atoms with E-state index < -0.39 is 0 Å². The predicted octanol–water partition coefficient (Wildman–Crippen LogP) is 3.99. The highest BCUT2D eigenvalue weighted by Gasteiger charge is 2.21. The number of carbonyl (C=O) groups is 1. The number of nitrogens with zero attached hydrogens (tertiary/aromatic N) is 3. The van der Waals surface area contributed by atoms with Crippen LogP contribution in [0.1, 0.15) is 34.4 Å². The third-order valence-electron chi connectivity index (χ3n) is 4.05. The topological polar surface area (TPSA) is 82.2 Å². The first-order valence-electron chi connectivity index (χ1n) is 8.16. The first kappa shape index (κ1) is 18.0. The highest BCUT2D eigenvalue weighted by atomic mass is 35.5. The first-order chi connectivity index (χ1) is 12.5. The molecule has 1 N–H and O–H groups in total. The van der Waals surface area contributed by atoms with E-state index >= 15 is 0 Å². The van der Waals surface area contributed by atoms with Crippen molar-refractivity contribution in [2.24, 2.45) is 0 Å². The largest absolute Gasteiger partial charge is 0.489 e. The lowest BCUT2D eigenvalue weighted by Crippen LogP contribution is -2.16. The van der Waals surface area contributed by atoms with E-state index in [2.05, 4.69) is 15.6 Å². The third-order valence-corrected chi connectivity index (χ3v) is 4.30. The number of benzene rings is 1. The standard InChI is InChI=1S/C18H19ClN4O3/c1-4-23-11(2)16(9-20-23)21-18(24)17-15(12(3)26-22-17)10-25-14-7-5-13(19)6-8-14/h5-9H,4,10H2,1-3H3,(H,21,24). The van der Waals surface area contributed by atoms with Crippen LogP contribution >= 0.6 is 11.6 Å². The molecule has 0 saturated heterocycles. The summed E-state index contributed by atoms with van der Waals surface area (Å²) >= 11 is 5.87. The van der Waals surface area contributed by atoms with Crippen LogP contribution in [-0.4, -0.2) is 20.8 Å². The average Bonchev–Trinajstić information content (AvgIpc) is 3.17. The Labute approximate surface area is 155 Å². The minimum atomic E-state index is -0.365. The van der Waals surface area contributed by atoms with Crippen molar-refractivity contribution in [2.75, 3.05) is 5.32 Å². The van der Waals surface area contributed by atoms with Crippen molar-refractivity contribution in [3.05, 3.63) is 58.2 Å². The van der Waals surface area contributed by atoms with E-state index in [1.807, 2.05) is 13.8 Å². The summed E-state index contributed by atoms with van der Waals surface area (Å²) in [5, 5.41) is 11.5. The Kier molecular flexibility index (Phi) is 5.27. The van der Waals surface area contributed by atoms with E-state index in [0.717, 1.165) is 12.2 Å². The summed E-state index contributed by atoms with van der Waals surface area (Å²) in [6, 6.07) is 6.99. The van der Waals surface area contributed by atoms with Crippen molar-refractivity contribution in [1.29, 1.82) is 0 Å². The summed E-state index contributed by atoms with van der Waals surface area (Å²) in [7, 11) is 0. The van der Waals surface area contributed by atoms with Gasteiger partial charge in [0.2, 0.25) is 0 Å². The maximum Gasteiger partial charge on any atom is 0.278 e. The molecule has 0 bridgehead atoms. The fourth-order valence-electron chi connectivity index (χ4n) is 2.50. The number of ether oxygens (including phenoxy) is 1. The molecule has 0 unspecified atom stereocenters. The van der Waals surface area contributed by atoms with Crippen LogP contribution in [0, 0.1) is 13.8 Å². The van der Waals surface area contributed by atoms with Gasteiger partial charge in [-0.05, 0) is 45.0 Å². The zero-order chi connectivity index (χ0) is 18.7. The maximum absolute atomic E-state index is 12.6. The number of nitrogens with one attached hydrogen (secondary N) is 1. The molecule has 0 aliphatic rings. The van der Waals surface area contributed by atoms with Crippen molar-refractivity contribution >= 4 is 23.2 Å². The third kappa shape index (κ3) is 3.72. The van der Waals surface area contributed by atoms with Crippen LogP contribution in [0.3, 0.4) is 0 Å². The number of hydrogen-bond acceptors (Lipinski definition) is 5. The molecule has 0 atom stereocenters. The molecule has 2 aromatic heterocycles. The van der Waals surface area contributed by atoms with Gasteiger partial charge in [-0.1, -0.05) is 16.8 Å². The van der Waals surface area contributed by atoms with E-state index in [1.165, 1.54) is 0 Å². The molecule has 0 aliphatic heterocycles. The lowest BCUT2D eigenvalue weighted by Gasteiger charge is -2.07. The number of anilines is 1. The smallest absolute Gasteiger partial charge is 0.278 e. The van der Waals surface area contributed by atoms with Crippen LogP contribution in [0.5, 0.6) is 5.75 Å². The fourth-order valence-corrected chi connectivity index (χ4v) is 2.62. The number of hydrogen-bond donors (Lipinski definition) is 1. The van der Waals surface area contributed by atoms with Crippen molar-refractivity contribution in [3.8, 4) is 5.75 Å². The summed E-state index contributed by atoms with van der Waals surface area (Å²) in [6.45, 7) is 6.51. The fraction of sp³-hybridized carbons (Fsp3) is 0.278. The molecule has 26 heavy (non-hydrogen) atoms. The van der Waals surface area contributed by atoms with Crippen LogP contribution < -0.4 is 10.1 Å². The maximum atomic E-state index is 12.6. The van der Waals surface area contributed by atoms with Crippen molar-refractivity contribution < 1.29 is 14.1 Å². The van der Waals surface area contributed by atoms with Crippen LogP contribution in [0.25, 0.3) is 0 Å². The minimum absolute atomic E-state index is 0.160.